The number of non-ortho nitro benzene ring substituents is 2. The van der Waals surface area contributed by atoms with Crippen molar-refractivity contribution in [3.05, 3.63) is 68.8 Å². The number of hydrogen-bond acceptors (Lipinski definition) is 10. The summed E-state index contributed by atoms with van der Waals surface area (Å²) in [6.45, 7) is 1.32. The van der Waals surface area contributed by atoms with Crippen molar-refractivity contribution in [3.63, 3.8) is 0 Å². The first-order chi connectivity index (χ1) is 16.3. The second kappa shape index (κ2) is 14.3. The van der Waals surface area contributed by atoms with Crippen LogP contribution >= 0.6 is 0 Å². The van der Waals surface area contributed by atoms with Crippen LogP contribution in [0, 0.1) is 20.2 Å². The average molecular weight is 476 g/mol. The molecule has 0 unspecified atom stereocenters. The van der Waals surface area contributed by atoms with Crippen molar-refractivity contribution in [2.75, 3.05) is 26.4 Å². The van der Waals surface area contributed by atoms with Crippen LogP contribution in [0.25, 0.3) is 0 Å². The molecule has 0 aliphatic rings. The lowest BCUT2D eigenvalue weighted by atomic mass is 10.3. The zero-order valence-electron chi connectivity index (χ0n) is 18.3. The van der Waals surface area contributed by atoms with E-state index in [4.69, 9.17) is 18.9 Å². The lowest BCUT2D eigenvalue weighted by Gasteiger charge is -2.07. The highest BCUT2D eigenvalue weighted by Crippen LogP contribution is 2.18. The number of esters is 2. The molecule has 0 aromatic heterocycles. The molecule has 0 spiro atoms. The van der Waals surface area contributed by atoms with Crippen molar-refractivity contribution in [1.29, 1.82) is 0 Å². The molecule has 0 aliphatic heterocycles. The van der Waals surface area contributed by atoms with Gasteiger partial charge in [0.1, 0.15) is 11.5 Å². The van der Waals surface area contributed by atoms with E-state index >= 15 is 0 Å². The average Bonchev–Trinajstić information content (AvgIpc) is 2.81. The van der Waals surface area contributed by atoms with Crippen LogP contribution in [0.1, 0.15) is 25.7 Å². The minimum atomic E-state index is -0.537. The third-order valence-corrected chi connectivity index (χ3v) is 4.27. The van der Waals surface area contributed by atoms with Crippen molar-refractivity contribution in [1.82, 2.24) is 0 Å². The van der Waals surface area contributed by atoms with Gasteiger partial charge < -0.3 is 18.9 Å². The van der Waals surface area contributed by atoms with Gasteiger partial charge in [-0.25, -0.2) is 0 Å². The van der Waals surface area contributed by atoms with Crippen LogP contribution in [0.2, 0.25) is 0 Å². The Hall–Kier alpha value is -3.90. The van der Waals surface area contributed by atoms with E-state index in [1.807, 2.05) is 0 Å². The van der Waals surface area contributed by atoms with Crippen LogP contribution in [-0.4, -0.2) is 48.2 Å². The fraction of sp³-hybridized carbons (Fsp3) is 0.364. The maximum atomic E-state index is 11.7. The van der Waals surface area contributed by atoms with Gasteiger partial charge in [-0.1, -0.05) is 0 Å². The molecule has 0 heterocycles. The Bertz CT molecular complexity index is 881. The predicted octanol–water partition coefficient (Wildman–Crippen LogP) is 3.61. The summed E-state index contributed by atoms with van der Waals surface area (Å²) in [5.74, 6) is -0.452. The zero-order chi connectivity index (χ0) is 24.8. The number of rotatable bonds is 15. The standard InChI is InChI=1S/C22H24N2O10/c25-21(33-19-9-5-17(6-10-19)23(27)28)3-1-13-31-15-16-32-14-2-4-22(26)34-20-11-7-18(8-12-20)24(29)30/h5-12H,1-4,13-16H2. The number of hydrogen-bond donors (Lipinski definition) is 0. The maximum absolute atomic E-state index is 11.7. The molecule has 2 rings (SSSR count). The monoisotopic (exact) mass is 476 g/mol. The number of nitro benzene ring substituents is 2. The van der Waals surface area contributed by atoms with E-state index in [1.165, 1.54) is 48.5 Å². The first-order valence-corrected chi connectivity index (χ1v) is 10.4. The number of benzene rings is 2. The number of ether oxygens (including phenoxy) is 4. The van der Waals surface area contributed by atoms with Gasteiger partial charge in [0, 0.05) is 50.3 Å². The molecule has 0 amide bonds. The number of carbonyl (C=O) groups excluding carboxylic acids is 2. The smallest absolute Gasteiger partial charge is 0.311 e. The molecule has 2 aromatic rings. The zero-order valence-corrected chi connectivity index (χ0v) is 18.3. The number of carbonyl (C=O) groups is 2. The molecule has 182 valence electrons. The van der Waals surface area contributed by atoms with Crippen molar-refractivity contribution < 1.29 is 38.4 Å². The Morgan fingerprint density at radius 3 is 1.29 bits per heavy atom. The minimum absolute atomic E-state index is 0.0856. The topological polar surface area (TPSA) is 157 Å². The summed E-state index contributed by atoms with van der Waals surface area (Å²) >= 11 is 0. The quantitative estimate of drug-likeness (QED) is 0.122. The van der Waals surface area contributed by atoms with Crippen molar-refractivity contribution in [2.24, 2.45) is 0 Å². The molecular formula is C22H24N2O10. The number of nitro groups is 2. The van der Waals surface area contributed by atoms with Gasteiger partial charge in [-0.3, -0.25) is 29.8 Å². The van der Waals surface area contributed by atoms with E-state index in [9.17, 15) is 29.8 Å². The van der Waals surface area contributed by atoms with Gasteiger partial charge in [0.05, 0.1) is 23.1 Å². The van der Waals surface area contributed by atoms with E-state index in [0.717, 1.165) is 0 Å². The summed E-state index contributed by atoms with van der Waals surface area (Å²) in [6, 6.07) is 10.5. The molecule has 2 aromatic carbocycles. The number of nitrogens with zero attached hydrogens (tertiary/aromatic N) is 2. The van der Waals surface area contributed by atoms with Crippen LogP contribution in [0.5, 0.6) is 11.5 Å². The maximum Gasteiger partial charge on any atom is 0.311 e. The second-order valence-electron chi connectivity index (χ2n) is 6.88. The molecule has 0 aliphatic carbocycles. The largest absolute Gasteiger partial charge is 0.427 e. The van der Waals surface area contributed by atoms with E-state index in [2.05, 4.69) is 0 Å². The molecule has 34 heavy (non-hydrogen) atoms. The fourth-order valence-corrected chi connectivity index (χ4v) is 2.60. The molecule has 0 atom stereocenters. The molecule has 0 saturated carbocycles. The lowest BCUT2D eigenvalue weighted by Crippen LogP contribution is -2.12. The van der Waals surface area contributed by atoms with Crippen molar-refractivity contribution in [3.8, 4) is 11.5 Å². The minimum Gasteiger partial charge on any atom is -0.427 e. The van der Waals surface area contributed by atoms with E-state index in [0.29, 0.717) is 39.3 Å². The van der Waals surface area contributed by atoms with Crippen molar-refractivity contribution in [2.45, 2.75) is 25.7 Å². The molecule has 0 radical (unpaired) electrons. The molecule has 0 N–H and O–H groups in total. The van der Waals surface area contributed by atoms with Gasteiger partial charge >= 0.3 is 11.9 Å². The van der Waals surface area contributed by atoms with Crippen molar-refractivity contribution >= 4 is 23.3 Å². The SMILES string of the molecule is O=C(CCCOCCOCCCC(=O)Oc1ccc([N+](=O)[O-])cc1)Oc1ccc([N+](=O)[O-])cc1. The first-order valence-electron chi connectivity index (χ1n) is 10.4. The van der Waals surface area contributed by atoms with E-state index in [1.54, 1.807) is 0 Å². The van der Waals surface area contributed by atoms with E-state index in [-0.39, 0.29) is 35.7 Å². The molecule has 0 saturated heterocycles. The molecule has 0 fully saturated rings. The highest BCUT2D eigenvalue weighted by Gasteiger charge is 2.09. The highest BCUT2D eigenvalue weighted by atomic mass is 16.6. The van der Waals surface area contributed by atoms with E-state index < -0.39 is 21.8 Å². The molecule has 0 bridgehead atoms. The third-order valence-electron chi connectivity index (χ3n) is 4.27. The van der Waals surface area contributed by atoms with Gasteiger partial charge in [0.15, 0.2) is 0 Å². The Morgan fingerprint density at radius 1 is 0.618 bits per heavy atom. The van der Waals surface area contributed by atoms with Crippen LogP contribution in [0.4, 0.5) is 11.4 Å². The van der Waals surface area contributed by atoms with Crippen LogP contribution in [0.15, 0.2) is 48.5 Å². The summed E-state index contributed by atoms with van der Waals surface area (Å²) in [6.07, 6.45) is 1.16. The lowest BCUT2D eigenvalue weighted by molar-refractivity contribution is -0.385. The van der Waals surface area contributed by atoms with Gasteiger partial charge in [0.2, 0.25) is 0 Å². The fourth-order valence-electron chi connectivity index (χ4n) is 2.60. The Morgan fingerprint density at radius 2 is 0.971 bits per heavy atom. The highest BCUT2D eigenvalue weighted by molar-refractivity contribution is 5.72. The van der Waals surface area contributed by atoms with Gasteiger partial charge in [-0.2, -0.15) is 0 Å². The van der Waals surface area contributed by atoms with Gasteiger partial charge in [-0.15, -0.1) is 0 Å². The molecule has 12 heteroatoms. The second-order valence-corrected chi connectivity index (χ2v) is 6.88. The Balaban J connectivity index is 1.44. The summed E-state index contributed by atoms with van der Waals surface area (Å²) in [5, 5.41) is 21.2. The van der Waals surface area contributed by atoms with Gasteiger partial charge in [-0.05, 0) is 37.1 Å². The predicted molar refractivity (Wildman–Crippen MR) is 118 cm³/mol. The van der Waals surface area contributed by atoms with Crippen LogP contribution in [-0.2, 0) is 19.1 Å². The normalized spacial score (nSPS) is 10.5. The summed E-state index contributed by atoms with van der Waals surface area (Å²) in [4.78, 5) is 43.6. The Labute approximate surface area is 194 Å². The molecule has 12 nitrogen and oxygen atoms in total. The van der Waals surface area contributed by atoms with Gasteiger partial charge in [0.25, 0.3) is 11.4 Å². The summed E-state index contributed by atoms with van der Waals surface area (Å²) in [5.41, 5.74) is -0.171. The third kappa shape index (κ3) is 10.1. The summed E-state index contributed by atoms with van der Waals surface area (Å²) in [7, 11) is 0. The summed E-state index contributed by atoms with van der Waals surface area (Å²) < 4.78 is 20.9. The molecular weight excluding hydrogens is 452 g/mol. The van der Waals surface area contributed by atoms with Crippen LogP contribution in [0.3, 0.4) is 0 Å². The van der Waals surface area contributed by atoms with Crippen LogP contribution < -0.4 is 9.47 Å². The Kier molecular flexibility index (Phi) is 11.1. The first kappa shape index (κ1) is 26.4.